The van der Waals surface area contributed by atoms with Crippen molar-refractivity contribution < 1.29 is 4.79 Å². The van der Waals surface area contributed by atoms with E-state index in [2.05, 4.69) is 33.2 Å². The molecule has 6 heteroatoms. The molecule has 1 amide bonds. The zero-order valence-corrected chi connectivity index (χ0v) is 14.2. The zero-order valence-electron chi connectivity index (χ0n) is 14.2. The Bertz CT molecular complexity index is 628. The van der Waals surface area contributed by atoms with Crippen LogP contribution < -0.4 is 0 Å². The van der Waals surface area contributed by atoms with Crippen LogP contribution in [0.2, 0.25) is 0 Å². The minimum Gasteiger partial charge on any atom is -0.342 e. The van der Waals surface area contributed by atoms with Crippen LogP contribution in [0.15, 0.2) is 36.7 Å². The van der Waals surface area contributed by atoms with E-state index in [1.54, 1.807) is 6.20 Å². The molecule has 1 aliphatic rings. The normalized spacial score (nSPS) is 18.6. The van der Waals surface area contributed by atoms with Gasteiger partial charge >= 0.3 is 0 Å². The molecule has 128 valence electrons. The second kappa shape index (κ2) is 8.06. The number of nitrogens with zero attached hydrogens (tertiary/aromatic N) is 4. The molecule has 3 rings (SSSR count). The number of hydrogen-bond donors (Lipinski definition) is 1. The van der Waals surface area contributed by atoms with Crippen LogP contribution in [-0.2, 0) is 17.8 Å². The van der Waals surface area contributed by atoms with Crippen molar-refractivity contribution >= 4 is 5.91 Å². The summed E-state index contributed by atoms with van der Waals surface area (Å²) in [7, 11) is 2.15. The molecule has 2 aromatic rings. The third-order valence-electron chi connectivity index (χ3n) is 4.71. The lowest BCUT2D eigenvalue weighted by molar-refractivity contribution is -0.130. The van der Waals surface area contributed by atoms with E-state index >= 15 is 0 Å². The molecule has 1 N–H and O–H groups in total. The Labute approximate surface area is 142 Å². The van der Waals surface area contributed by atoms with E-state index in [0.717, 1.165) is 50.3 Å². The first-order valence-corrected chi connectivity index (χ1v) is 8.58. The van der Waals surface area contributed by atoms with Crippen LogP contribution in [0.3, 0.4) is 0 Å². The van der Waals surface area contributed by atoms with Crippen LogP contribution in [-0.4, -0.2) is 57.1 Å². The van der Waals surface area contributed by atoms with Gasteiger partial charge in [-0.3, -0.25) is 19.8 Å². The molecule has 1 aliphatic heterocycles. The van der Waals surface area contributed by atoms with Gasteiger partial charge < -0.3 is 4.90 Å². The monoisotopic (exact) mass is 327 g/mol. The molecule has 2 aromatic heterocycles. The Morgan fingerprint density at radius 1 is 1.29 bits per heavy atom. The smallest absolute Gasteiger partial charge is 0.228 e. The summed E-state index contributed by atoms with van der Waals surface area (Å²) in [5, 5.41) is 6.77. The molecule has 3 heterocycles. The van der Waals surface area contributed by atoms with Gasteiger partial charge in [0.05, 0.1) is 12.1 Å². The van der Waals surface area contributed by atoms with E-state index in [0.29, 0.717) is 12.5 Å². The number of H-pyrrole nitrogens is 1. The fourth-order valence-corrected chi connectivity index (χ4v) is 3.30. The molecule has 0 unspecified atom stereocenters. The molecular weight excluding hydrogens is 302 g/mol. The minimum atomic E-state index is 0.187. The van der Waals surface area contributed by atoms with Crippen LogP contribution in [0.25, 0.3) is 0 Å². The number of carbonyl (C=O) groups excluding carboxylic acids is 1. The number of hydrogen-bond acceptors (Lipinski definition) is 4. The summed E-state index contributed by atoms with van der Waals surface area (Å²) < 4.78 is 0. The Kier molecular flexibility index (Phi) is 5.59. The second-order valence-corrected chi connectivity index (χ2v) is 6.46. The summed E-state index contributed by atoms with van der Waals surface area (Å²) in [5.74, 6) is 0.187. The zero-order chi connectivity index (χ0) is 16.8. The van der Waals surface area contributed by atoms with Crippen molar-refractivity contribution in [3.63, 3.8) is 0 Å². The number of rotatable bonds is 5. The fraction of sp³-hybridized carbons (Fsp3) is 0.500. The molecule has 1 saturated heterocycles. The van der Waals surface area contributed by atoms with Crippen molar-refractivity contribution in [2.45, 2.75) is 38.3 Å². The highest BCUT2D eigenvalue weighted by molar-refractivity contribution is 5.78. The predicted octanol–water partition coefficient (Wildman–Crippen LogP) is 1.86. The molecule has 6 nitrogen and oxygen atoms in total. The maximum atomic E-state index is 12.4. The van der Waals surface area contributed by atoms with Gasteiger partial charge in [-0.25, -0.2) is 0 Å². The van der Waals surface area contributed by atoms with E-state index < -0.39 is 0 Å². The first-order chi connectivity index (χ1) is 11.7. The van der Waals surface area contributed by atoms with Crippen molar-refractivity contribution in [1.29, 1.82) is 0 Å². The van der Waals surface area contributed by atoms with Crippen LogP contribution >= 0.6 is 0 Å². The molecular formula is C18H25N5O. The summed E-state index contributed by atoms with van der Waals surface area (Å²) in [6.45, 7) is 2.53. The van der Waals surface area contributed by atoms with Crippen LogP contribution in [0.5, 0.6) is 0 Å². The second-order valence-electron chi connectivity index (χ2n) is 6.46. The number of carbonyl (C=O) groups is 1. The van der Waals surface area contributed by atoms with Gasteiger partial charge in [0, 0.05) is 43.8 Å². The molecule has 0 aromatic carbocycles. The first-order valence-electron chi connectivity index (χ1n) is 8.58. The topological polar surface area (TPSA) is 65.1 Å². The van der Waals surface area contributed by atoms with Gasteiger partial charge in [-0.05, 0) is 44.5 Å². The Morgan fingerprint density at radius 3 is 2.96 bits per heavy atom. The third kappa shape index (κ3) is 4.41. The Hall–Kier alpha value is -2.21. The minimum absolute atomic E-state index is 0.187. The van der Waals surface area contributed by atoms with Gasteiger partial charge in [-0.1, -0.05) is 6.07 Å². The molecule has 0 spiro atoms. The standard InChI is InChI=1S/C18H25N5O/c1-22(14-16-5-2-3-9-19-16)17-6-4-11-23(12-8-17)18(24)13-15-7-10-20-21-15/h2-3,5,7,9-10,17H,4,6,8,11-14H2,1H3,(H,20,21)/t17-/m0/s1. The van der Waals surface area contributed by atoms with Crippen LogP contribution in [0.1, 0.15) is 30.7 Å². The van der Waals surface area contributed by atoms with E-state index in [1.807, 2.05) is 29.3 Å². The van der Waals surface area contributed by atoms with Crippen molar-refractivity contribution in [3.05, 3.63) is 48.0 Å². The summed E-state index contributed by atoms with van der Waals surface area (Å²) in [6.07, 6.45) is 7.12. The predicted molar refractivity (Wildman–Crippen MR) is 92.2 cm³/mol. The van der Waals surface area contributed by atoms with Crippen molar-refractivity contribution in [3.8, 4) is 0 Å². The Balaban J connectivity index is 1.51. The molecule has 0 bridgehead atoms. The number of likely N-dealkylation sites (tertiary alicyclic amines) is 1. The molecule has 0 radical (unpaired) electrons. The number of amides is 1. The highest BCUT2D eigenvalue weighted by Gasteiger charge is 2.23. The van der Waals surface area contributed by atoms with Gasteiger partial charge in [0.15, 0.2) is 0 Å². The maximum absolute atomic E-state index is 12.4. The van der Waals surface area contributed by atoms with Crippen LogP contribution in [0, 0.1) is 0 Å². The van der Waals surface area contributed by atoms with Crippen LogP contribution in [0.4, 0.5) is 0 Å². The van der Waals surface area contributed by atoms with Gasteiger partial charge in [0.25, 0.3) is 0 Å². The third-order valence-corrected chi connectivity index (χ3v) is 4.71. The lowest BCUT2D eigenvalue weighted by atomic mass is 10.1. The van der Waals surface area contributed by atoms with E-state index in [1.165, 1.54) is 0 Å². The Morgan fingerprint density at radius 2 is 2.21 bits per heavy atom. The lowest BCUT2D eigenvalue weighted by Gasteiger charge is -2.27. The molecule has 1 fully saturated rings. The largest absolute Gasteiger partial charge is 0.342 e. The number of pyridine rings is 1. The quantitative estimate of drug-likeness (QED) is 0.910. The summed E-state index contributed by atoms with van der Waals surface area (Å²) in [4.78, 5) is 21.2. The highest BCUT2D eigenvalue weighted by Crippen LogP contribution is 2.18. The fourth-order valence-electron chi connectivity index (χ4n) is 3.30. The van der Waals surface area contributed by atoms with Crippen molar-refractivity contribution in [2.75, 3.05) is 20.1 Å². The highest BCUT2D eigenvalue weighted by atomic mass is 16.2. The average Bonchev–Trinajstić information content (AvgIpc) is 2.96. The van der Waals surface area contributed by atoms with E-state index in [-0.39, 0.29) is 5.91 Å². The number of aromatic nitrogens is 3. The summed E-state index contributed by atoms with van der Waals surface area (Å²) in [6, 6.07) is 8.39. The average molecular weight is 327 g/mol. The molecule has 1 atom stereocenters. The van der Waals surface area contributed by atoms with Gasteiger partial charge in [-0.15, -0.1) is 0 Å². The van der Waals surface area contributed by atoms with Gasteiger partial charge in [0.1, 0.15) is 0 Å². The number of aromatic amines is 1. The van der Waals surface area contributed by atoms with E-state index in [9.17, 15) is 4.79 Å². The van der Waals surface area contributed by atoms with Crippen molar-refractivity contribution in [1.82, 2.24) is 25.0 Å². The summed E-state index contributed by atoms with van der Waals surface area (Å²) in [5.41, 5.74) is 1.98. The van der Waals surface area contributed by atoms with Crippen molar-refractivity contribution in [2.24, 2.45) is 0 Å². The van der Waals surface area contributed by atoms with E-state index in [4.69, 9.17) is 0 Å². The molecule has 24 heavy (non-hydrogen) atoms. The van der Waals surface area contributed by atoms with Gasteiger partial charge in [-0.2, -0.15) is 5.10 Å². The molecule has 0 saturated carbocycles. The van der Waals surface area contributed by atoms with Gasteiger partial charge in [0.2, 0.25) is 5.91 Å². The maximum Gasteiger partial charge on any atom is 0.228 e. The summed E-state index contributed by atoms with van der Waals surface area (Å²) >= 11 is 0. The lowest BCUT2D eigenvalue weighted by Crippen LogP contribution is -2.35. The SMILES string of the molecule is CN(Cc1ccccn1)[C@H]1CCCN(C(=O)Cc2ccn[nH]2)CC1. The molecule has 0 aliphatic carbocycles. The number of nitrogens with one attached hydrogen (secondary N) is 1. The first kappa shape index (κ1) is 16.6.